The molecule has 0 unspecified atom stereocenters. The van der Waals surface area contributed by atoms with Crippen LogP contribution in [0.3, 0.4) is 0 Å². The summed E-state index contributed by atoms with van der Waals surface area (Å²) in [6, 6.07) is 54.7. The zero-order valence-corrected chi connectivity index (χ0v) is 27.6. The summed E-state index contributed by atoms with van der Waals surface area (Å²) in [6.07, 6.45) is 1.81. The van der Waals surface area contributed by atoms with E-state index in [9.17, 15) is 0 Å². The highest BCUT2D eigenvalue weighted by atomic mass is 32.1. The Morgan fingerprint density at radius 2 is 1.12 bits per heavy atom. The third kappa shape index (κ3) is 4.79. The highest BCUT2D eigenvalue weighted by Crippen LogP contribution is 2.44. The Balaban J connectivity index is 1.18. The molecule has 10 aromatic rings. The number of fused-ring (bicyclic) bond motifs is 6. The first kappa shape index (κ1) is 28.6. The Kier molecular flexibility index (Phi) is 6.64. The van der Waals surface area contributed by atoms with E-state index in [1.54, 1.807) is 0 Å². The molecule has 4 heterocycles. The summed E-state index contributed by atoms with van der Waals surface area (Å²) in [5.74, 6) is 0.650. The predicted octanol–water partition coefficient (Wildman–Crippen LogP) is 12.5. The third-order valence-electron chi connectivity index (χ3n) is 9.39. The minimum Gasteiger partial charge on any atom is -0.455 e. The van der Waals surface area contributed by atoms with Gasteiger partial charge in [-0.3, -0.25) is 4.98 Å². The van der Waals surface area contributed by atoms with E-state index in [1.807, 2.05) is 66.1 Å². The van der Waals surface area contributed by atoms with Crippen LogP contribution in [-0.2, 0) is 0 Å². The monoisotopic (exact) mass is 657 g/mol. The van der Waals surface area contributed by atoms with Gasteiger partial charge in [0.15, 0.2) is 5.82 Å². The maximum absolute atomic E-state index is 6.73. The molecule has 0 fully saturated rings. The number of pyridine rings is 1. The summed E-state index contributed by atoms with van der Waals surface area (Å²) in [5.41, 5.74) is 10.5. The van der Waals surface area contributed by atoms with Crippen LogP contribution in [-0.4, -0.2) is 15.0 Å². The Labute approximate surface area is 292 Å². The molecule has 10 rings (SSSR count). The summed E-state index contributed by atoms with van der Waals surface area (Å²) in [6.45, 7) is 0. The van der Waals surface area contributed by atoms with Crippen LogP contribution < -0.4 is 0 Å². The zero-order chi connectivity index (χ0) is 33.0. The molecule has 0 bridgehead atoms. The van der Waals surface area contributed by atoms with Crippen LogP contribution in [0.25, 0.3) is 98.4 Å². The first-order chi connectivity index (χ1) is 24.8. The van der Waals surface area contributed by atoms with E-state index < -0.39 is 0 Å². The van der Waals surface area contributed by atoms with Crippen molar-refractivity contribution < 1.29 is 4.42 Å². The second kappa shape index (κ2) is 11.6. The van der Waals surface area contributed by atoms with Crippen molar-refractivity contribution in [2.45, 2.75) is 0 Å². The van der Waals surface area contributed by atoms with Gasteiger partial charge in [-0.05, 0) is 59.7 Å². The standard InChI is InChI=1S/C45H27N3OS/c1-2-10-28(11-3-1)38-27-39(48-45(47-38)30-19-17-29(18-20-30)37-14-8-9-25-46-37)34-23-22-32(43-35-13-4-6-15-40(35)49-44(34)43)31-21-24-42-36(26-31)33-12-5-7-16-41(33)50-42/h1-27H. The van der Waals surface area contributed by atoms with Gasteiger partial charge in [0.25, 0.3) is 0 Å². The van der Waals surface area contributed by atoms with Crippen molar-refractivity contribution in [3.63, 3.8) is 0 Å². The number of furan rings is 1. The van der Waals surface area contributed by atoms with E-state index in [0.717, 1.165) is 72.4 Å². The molecule has 0 saturated carbocycles. The largest absolute Gasteiger partial charge is 0.455 e. The van der Waals surface area contributed by atoms with Gasteiger partial charge in [0, 0.05) is 59.4 Å². The molecule has 0 radical (unpaired) electrons. The van der Waals surface area contributed by atoms with Crippen LogP contribution >= 0.6 is 11.3 Å². The van der Waals surface area contributed by atoms with Crippen LogP contribution in [0.1, 0.15) is 0 Å². The van der Waals surface area contributed by atoms with E-state index in [0.29, 0.717) is 5.82 Å². The van der Waals surface area contributed by atoms with Crippen LogP contribution in [0.15, 0.2) is 168 Å². The van der Waals surface area contributed by atoms with Gasteiger partial charge >= 0.3 is 0 Å². The molecule has 0 N–H and O–H groups in total. The van der Waals surface area contributed by atoms with Crippen molar-refractivity contribution in [1.29, 1.82) is 0 Å². The Bertz CT molecular complexity index is 2860. The first-order valence-corrected chi connectivity index (χ1v) is 17.4. The number of hydrogen-bond acceptors (Lipinski definition) is 5. The van der Waals surface area contributed by atoms with Crippen molar-refractivity contribution in [3.05, 3.63) is 164 Å². The molecule has 0 aliphatic rings. The molecule has 234 valence electrons. The van der Waals surface area contributed by atoms with E-state index in [4.69, 9.17) is 14.4 Å². The fourth-order valence-corrected chi connectivity index (χ4v) is 8.05. The van der Waals surface area contributed by atoms with Gasteiger partial charge in [-0.1, -0.05) is 109 Å². The molecule has 0 aliphatic heterocycles. The zero-order valence-electron chi connectivity index (χ0n) is 26.7. The van der Waals surface area contributed by atoms with Crippen molar-refractivity contribution in [2.75, 3.05) is 0 Å². The number of hydrogen-bond donors (Lipinski definition) is 0. The highest BCUT2D eigenvalue weighted by Gasteiger charge is 2.20. The summed E-state index contributed by atoms with van der Waals surface area (Å²) in [5, 5.41) is 4.72. The molecule has 0 aliphatic carbocycles. The minimum atomic E-state index is 0.650. The van der Waals surface area contributed by atoms with Gasteiger partial charge in [0.05, 0.1) is 17.1 Å². The topological polar surface area (TPSA) is 51.8 Å². The van der Waals surface area contributed by atoms with Gasteiger partial charge < -0.3 is 4.42 Å². The lowest BCUT2D eigenvalue weighted by atomic mass is 9.95. The molecule has 6 aromatic carbocycles. The summed E-state index contributed by atoms with van der Waals surface area (Å²) in [7, 11) is 0. The maximum Gasteiger partial charge on any atom is 0.160 e. The van der Waals surface area contributed by atoms with Crippen molar-refractivity contribution in [2.24, 2.45) is 0 Å². The third-order valence-corrected chi connectivity index (χ3v) is 10.5. The second-order valence-electron chi connectivity index (χ2n) is 12.4. The summed E-state index contributed by atoms with van der Waals surface area (Å²) in [4.78, 5) is 14.8. The van der Waals surface area contributed by atoms with Gasteiger partial charge in [-0.2, -0.15) is 0 Å². The van der Waals surface area contributed by atoms with Crippen LogP contribution in [0, 0.1) is 0 Å². The van der Waals surface area contributed by atoms with Gasteiger partial charge in [-0.25, -0.2) is 9.97 Å². The Hall–Kier alpha value is -6.43. The van der Waals surface area contributed by atoms with E-state index >= 15 is 0 Å². The molecule has 0 spiro atoms. The molecule has 5 heteroatoms. The average Bonchev–Trinajstić information content (AvgIpc) is 3.77. The fourth-order valence-electron chi connectivity index (χ4n) is 6.96. The highest BCUT2D eigenvalue weighted by molar-refractivity contribution is 7.25. The SMILES string of the molecule is c1ccc(-c2cc(-c3ccc(-c4ccc5sc6ccccc6c5c4)c4c3oc3ccccc34)nc(-c3ccc(-c4ccccn4)cc3)n2)cc1. The molecule has 0 amide bonds. The lowest BCUT2D eigenvalue weighted by Gasteiger charge is -2.12. The van der Waals surface area contributed by atoms with Crippen LogP contribution in [0.5, 0.6) is 0 Å². The Morgan fingerprint density at radius 1 is 0.440 bits per heavy atom. The molecular formula is C45H27N3OS. The van der Waals surface area contributed by atoms with Crippen LogP contribution in [0.2, 0.25) is 0 Å². The van der Waals surface area contributed by atoms with E-state index in [2.05, 4.69) is 114 Å². The van der Waals surface area contributed by atoms with Crippen molar-refractivity contribution in [3.8, 4) is 56.3 Å². The van der Waals surface area contributed by atoms with Crippen LogP contribution in [0.4, 0.5) is 0 Å². The summed E-state index contributed by atoms with van der Waals surface area (Å²) >= 11 is 1.84. The molecule has 4 aromatic heterocycles. The number of nitrogens with zero attached hydrogens (tertiary/aromatic N) is 3. The number of rotatable bonds is 5. The van der Waals surface area contributed by atoms with E-state index in [1.165, 1.54) is 20.2 Å². The van der Waals surface area contributed by atoms with Gasteiger partial charge in [-0.15, -0.1) is 11.3 Å². The van der Waals surface area contributed by atoms with E-state index in [-0.39, 0.29) is 0 Å². The first-order valence-electron chi connectivity index (χ1n) is 16.6. The number of para-hydroxylation sites is 1. The summed E-state index contributed by atoms with van der Waals surface area (Å²) < 4.78 is 9.32. The molecule has 0 saturated heterocycles. The lowest BCUT2D eigenvalue weighted by molar-refractivity contribution is 0.670. The number of thiophene rings is 1. The normalized spacial score (nSPS) is 11.6. The van der Waals surface area contributed by atoms with Crippen molar-refractivity contribution in [1.82, 2.24) is 15.0 Å². The van der Waals surface area contributed by atoms with Crippen molar-refractivity contribution >= 4 is 53.4 Å². The molecule has 0 atom stereocenters. The minimum absolute atomic E-state index is 0.650. The second-order valence-corrected chi connectivity index (χ2v) is 13.5. The quantitative estimate of drug-likeness (QED) is 0.185. The molecule has 4 nitrogen and oxygen atoms in total. The lowest BCUT2D eigenvalue weighted by Crippen LogP contribution is -1.96. The average molecular weight is 658 g/mol. The Morgan fingerprint density at radius 3 is 1.98 bits per heavy atom. The smallest absolute Gasteiger partial charge is 0.160 e. The maximum atomic E-state index is 6.73. The molecule has 50 heavy (non-hydrogen) atoms. The van der Waals surface area contributed by atoms with Gasteiger partial charge in [0.2, 0.25) is 0 Å². The number of benzene rings is 6. The van der Waals surface area contributed by atoms with Gasteiger partial charge in [0.1, 0.15) is 11.2 Å². The molecular weight excluding hydrogens is 631 g/mol. The number of aromatic nitrogens is 3. The fraction of sp³-hybridized carbons (Fsp3) is 0. The predicted molar refractivity (Wildman–Crippen MR) is 207 cm³/mol.